The lowest BCUT2D eigenvalue weighted by molar-refractivity contribution is 0.136. The number of urea groups is 1. The summed E-state index contributed by atoms with van der Waals surface area (Å²) >= 11 is 0. The van der Waals surface area contributed by atoms with E-state index in [1.807, 2.05) is 30.3 Å². The van der Waals surface area contributed by atoms with Crippen molar-refractivity contribution in [2.24, 2.45) is 0 Å². The number of nitrogens with zero attached hydrogens (tertiary/aromatic N) is 3. The summed E-state index contributed by atoms with van der Waals surface area (Å²) in [6, 6.07) is 9.85. The standard InChI is InChI=1S/C16H18N4O2/c21-16(17-8-11-4-2-1-3-5-11)20-9-13(10-20)15-18-14(19-22-15)12-6-7-12/h1-5,12-13H,6-10H2,(H,17,21). The molecule has 6 heteroatoms. The molecule has 2 fully saturated rings. The lowest BCUT2D eigenvalue weighted by atomic mass is 10.0. The number of hydrogen-bond donors (Lipinski definition) is 1. The molecule has 1 aliphatic carbocycles. The summed E-state index contributed by atoms with van der Waals surface area (Å²) in [5, 5.41) is 6.95. The van der Waals surface area contributed by atoms with Crippen molar-refractivity contribution in [3.05, 3.63) is 47.6 Å². The molecule has 1 aromatic carbocycles. The number of hydrogen-bond acceptors (Lipinski definition) is 4. The zero-order valence-corrected chi connectivity index (χ0v) is 12.2. The van der Waals surface area contributed by atoms with Crippen molar-refractivity contribution >= 4 is 6.03 Å². The molecule has 0 radical (unpaired) electrons. The number of amides is 2. The normalized spacial score (nSPS) is 18.1. The highest BCUT2D eigenvalue weighted by Gasteiger charge is 2.37. The van der Waals surface area contributed by atoms with Gasteiger partial charge in [-0.1, -0.05) is 35.5 Å². The third kappa shape index (κ3) is 2.68. The molecule has 0 spiro atoms. The summed E-state index contributed by atoms with van der Waals surface area (Å²) in [5.41, 5.74) is 1.10. The molecular weight excluding hydrogens is 280 g/mol. The lowest BCUT2D eigenvalue weighted by Gasteiger charge is -2.36. The van der Waals surface area contributed by atoms with E-state index in [4.69, 9.17) is 4.52 Å². The van der Waals surface area contributed by atoms with Gasteiger partial charge in [0.05, 0.1) is 5.92 Å². The number of carbonyl (C=O) groups is 1. The van der Waals surface area contributed by atoms with Gasteiger partial charge >= 0.3 is 6.03 Å². The molecule has 6 nitrogen and oxygen atoms in total. The number of benzene rings is 1. The predicted octanol–water partition coefficient (Wildman–Crippen LogP) is 2.26. The van der Waals surface area contributed by atoms with Crippen molar-refractivity contribution in [1.29, 1.82) is 0 Å². The summed E-state index contributed by atoms with van der Waals surface area (Å²) in [6.07, 6.45) is 2.33. The SMILES string of the molecule is O=C(NCc1ccccc1)N1CC(c2nc(C3CC3)no2)C1. The average Bonchev–Trinajstić information content (AvgIpc) is 3.24. The molecule has 2 aromatic rings. The molecule has 0 unspecified atom stereocenters. The molecule has 4 rings (SSSR count). The van der Waals surface area contributed by atoms with Crippen LogP contribution in [0.2, 0.25) is 0 Å². The number of aromatic nitrogens is 2. The van der Waals surface area contributed by atoms with Crippen molar-refractivity contribution < 1.29 is 9.32 Å². The number of carbonyl (C=O) groups excluding carboxylic acids is 1. The van der Waals surface area contributed by atoms with Gasteiger partial charge in [0, 0.05) is 25.6 Å². The zero-order chi connectivity index (χ0) is 14.9. The molecule has 22 heavy (non-hydrogen) atoms. The van der Waals surface area contributed by atoms with Crippen LogP contribution in [-0.4, -0.2) is 34.2 Å². The van der Waals surface area contributed by atoms with Crippen LogP contribution in [0.15, 0.2) is 34.9 Å². The number of rotatable bonds is 4. The Kier molecular flexibility index (Phi) is 3.29. The number of nitrogens with one attached hydrogen (secondary N) is 1. The van der Waals surface area contributed by atoms with Gasteiger partial charge < -0.3 is 14.7 Å². The fraction of sp³-hybridized carbons (Fsp3) is 0.438. The van der Waals surface area contributed by atoms with E-state index in [2.05, 4.69) is 15.5 Å². The van der Waals surface area contributed by atoms with E-state index in [9.17, 15) is 4.79 Å². The molecule has 0 bridgehead atoms. The Labute approximate surface area is 128 Å². The molecular formula is C16H18N4O2. The van der Waals surface area contributed by atoms with Gasteiger partial charge in [-0.2, -0.15) is 4.98 Å². The molecule has 2 amide bonds. The fourth-order valence-electron chi connectivity index (χ4n) is 2.61. The van der Waals surface area contributed by atoms with E-state index in [0.717, 1.165) is 24.2 Å². The van der Waals surface area contributed by atoms with Crippen LogP contribution in [-0.2, 0) is 6.54 Å². The third-order valence-electron chi connectivity index (χ3n) is 4.20. The second-order valence-electron chi connectivity index (χ2n) is 6.01. The lowest BCUT2D eigenvalue weighted by Crippen LogP contribution is -2.52. The Balaban J connectivity index is 1.26. The van der Waals surface area contributed by atoms with E-state index in [1.165, 1.54) is 0 Å². The quantitative estimate of drug-likeness (QED) is 0.940. The molecule has 2 heterocycles. The van der Waals surface area contributed by atoms with E-state index < -0.39 is 0 Å². The highest BCUT2D eigenvalue weighted by atomic mass is 16.5. The van der Waals surface area contributed by atoms with Crippen molar-refractivity contribution in [3.8, 4) is 0 Å². The highest BCUT2D eigenvalue weighted by Crippen LogP contribution is 2.39. The Bertz CT molecular complexity index is 660. The van der Waals surface area contributed by atoms with Gasteiger partial charge in [-0.15, -0.1) is 0 Å². The summed E-state index contributed by atoms with van der Waals surface area (Å²) in [7, 11) is 0. The molecule has 1 aliphatic heterocycles. The summed E-state index contributed by atoms with van der Waals surface area (Å²) < 4.78 is 5.31. The fourth-order valence-corrected chi connectivity index (χ4v) is 2.61. The van der Waals surface area contributed by atoms with Crippen LogP contribution < -0.4 is 5.32 Å². The van der Waals surface area contributed by atoms with Crippen molar-refractivity contribution in [3.63, 3.8) is 0 Å². The largest absolute Gasteiger partial charge is 0.339 e. The van der Waals surface area contributed by atoms with E-state index >= 15 is 0 Å². The zero-order valence-electron chi connectivity index (χ0n) is 12.2. The van der Waals surface area contributed by atoms with E-state index in [-0.39, 0.29) is 11.9 Å². The van der Waals surface area contributed by atoms with Gasteiger partial charge in [-0.05, 0) is 18.4 Å². The third-order valence-corrected chi connectivity index (χ3v) is 4.20. The van der Waals surface area contributed by atoms with Crippen LogP contribution in [0.5, 0.6) is 0 Å². The van der Waals surface area contributed by atoms with E-state index in [0.29, 0.717) is 31.4 Å². The maximum Gasteiger partial charge on any atom is 0.317 e. The Morgan fingerprint density at radius 2 is 2.00 bits per heavy atom. The minimum Gasteiger partial charge on any atom is -0.339 e. The first-order valence-corrected chi connectivity index (χ1v) is 7.70. The summed E-state index contributed by atoms with van der Waals surface area (Å²) in [5.74, 6) is 2.20. The molecule has 1 aromatic heterocycles. The van der Waals surface area contributed by atoms with Gasteiger partial charge in [0.2, 0.25) is 5.89 Å². The molecule has 1 saturated heterocycles. The molecule has 0 atom stereocenters. The minimum absolute atomic E-state index is 0.0398. The molecule has 114 valence electrons. The molecule has 2 aliphatic rings. The monoisotopic (exact) mass is 298 g/mol. The Hall–Kier alpha value is -2.37. The summed E-state index contributed by atoms with van der Waals surface area (Å²) in [6.45, 7) is 1.84. The van der Waals surface area contributed by atoms with Gasteiger partial charge in [0.15, 0.2) is 5.82 Å². The van der Waals surface area contributed by atoms with Crippen LogP contribution in [0, 0.1) is 0 Å². The van der Waals surface area contributed by atoms with Gasteiger partial charge in [0.1, 0.15) is 0 Å². The minimum atomic E-state index is -0.0398. The maximum atomic E-state index is 12.0. The first-order valence-electron chi connectivity index (χ1n) is 7.70. The maximum absolute atomic E-state index is 12.0. The predicted molar refractivity (Wildman–Crippen MR) is 79.3 cm³/mol. The highest BCUT2D eigenvalue weighted by molar-refractivity contribution is 5.75. The Morgan fingerprint density at radius 1 is 1.23 bits per heavy atom. The van der Waals surface area contributed by atoms with Gasteiger partial charge in [-0.3, -0.25) is 0 Å². The topological polar surface area (TPSA) is 71.3 Å². The number of likely N-dealkylation sites (tertiary alicyclic amines) is 1. The first-order chi connectivity index (χ1) is 10.8. The first kappa shape index (κ1) is 13.3. The summed E-state index contributed by atoms with van der Waals surface area (Å²) in [4.78, 5) is 18.3. The van der Waals surface area contributed by atoms with Gasteiger partial charge in [-0.25, -0.2) is 4.79 Å². The molecule has 1 saturated carbocycles. The van der Waals surface area contributed by atoms with Crippen molar-refractivity contribution in [2.75, 3.05) is 13.1 Å². The molecule has 1 N–H and O–H groups in total. The van der Waals surface area contributed by atoms with Crippen LogP contribution in [0.3, 0.4) is 0 Å². The van der Waals surface area contributed by atoms with Gasteiger partial charge in [0.25, 0.3) is 0 Å². The van der Waals surface area contributed by atoms with Crippen molar-refractivity contribution in [2.45, 2.75) is 31.2 Å². The Morgan fingerprint density at radius 3 is 2.73 bits per heavy atom. The van der Waals surface area contributed by atoms with Crippen LogP contribution in [0.4, 0.5) is 4.79 Å². The van der Waals surface area contributed by atoms with Crippen LogP contribution in [0.25, 0.3) is 0 Å². The van der Waals surface area contributed by atoms with Crippen LogP contribution in [0.1, 0.15) is 42.0 Å². The second-order valence-corrected chi connectivity index (χ2v) is 6.01. The smallest absolute Gasteiger partial charge is 0.317 e. The average molecular weight is 298 g/mol. The van der Waals surface area contributed by atoms with Crippen LogP contribution >= 0.6 is 0 Å². The second kappa shape index (κ2) is 5.44. The van der Waals surface area contributed by atoms with E-state index in [1.54, 1.807) is 4.90 Å². The van der Waals surface area contributed by atoms with Crippen molar-refractivity contribution in [1.82, 2.24) is 20.4 Å².